The van der Waals surface area contributed by atoms with Gasteiger partial charge in [0, 0.05) is 23.6 Å². The van der Waals surface area contributed by atoms with Crippen molar-refractivity contribution in [2.45, 2.75) is 32.4 Å². The Morgan fingerprint density at radius 3 is 2.56 bits per heavy atom. The quantitative estimate of drug-likeness (QED) is 0.788. The van der Waals surface area contributed by atoms with E-state index >= 15 is 0 Å². The molecule has 3 rings (SSSR count). The second-order valence-electron chi connectivity index (χ2n) is 6.82. The number of rotatable bonds is 6. The molecule has 2 heterocycles. The zero-order valence-electron chi connectivity index (χ0n) is 15.3. The number of ether oxygens (including phenoxy) is 1. The van der Waals surface area contributed by atoms with Crippen LogP contribution in [0.2, 0.25) is 0 Å². The Morgan fingerprint density at radius 2 is 1.93 bits per heavy atom. The van der Waals surface area contributed by atoms with E-state index in [0.29, 0.717) is 12.1 Å². The number of anilines is 2. The van der Waals surface area contributed by atoms with Crippen LogP contribution in [-0.4, -0.2) is 43.0 Å². The maximum Gasteiger partial charge on any atom is 0.270 e. The second-order valence-corrected chi connectivity index (χ2v) is 9.05. The molecule has 0 saturated carbocycles. The molecule has 1 atom stereocenters. The van der Waals surface area contributed by atoms with E-state index in [1.165, 1.54) is 0 Å². The van der Waals surface area contributed by atoms with Crippen molar-refractivity contribution < 1.29 is 17.9 Å². The summed E-state index contributed by atoms with van der Waals surface area (Å²) >= 11 is 0. The van der Waals surface area contributed by atoms with Crippen LogP contribution in [0.1, 0.15) is 30.8 Å². The predicted octanol–water partition coefficient (Wildman–Crippen LogP) is 2.53. The highest BCUT2D eigenvalue weighted by atomic mass is 32.2. The molecule has 0 aliphatic carbocycles. The highest BCUT2D eigenvalue weighted by Crippen LogP contribution is 2.21. The number of carbonyl (C=O) groups excluding carboxylic acids is 1. The highest BCUT2D eigenvalue weighted by molar-refractivity contribution is 7.91. The Bertz CT molecular complexity index is 911. The van der Waals surface area contributed by atoms with Crippen LogP contribution >= 0.6 is 0 Å². The average molecular weight is 389 g/mol. The predicted molar refractivity (Wildman–Crippen MR) is 104 cm³/mol. The molecule has 1 unspecified atom stereocenters. The third-order valence-electron chi connectivity index (χ3n) is 4.08. The molecule has 144 valence electrons. The van der Waals surface area contributed by atoms with E-state index in [-0.39, 0.29) is 35.3 Å². The molecule has 2 aromatic rings. The summed E-state index contributed by atoms with van der Waals surface area (Å²) in [6.07, 6.45) is 2.09. The highest BCUT2D eigenvalue weighted by Gasteiger charge is 2.29. The van der Waals surface area contributed by atoms with Crippen molar-refractivity contribution in [2.75, 3.05) is 16.8 Å². The van der Waals surface area contributed by atoms with Crippen molar-refractivity contribution in [3.8, 4) is 5.75 Å². The van der Waals surface area contributed by atoms with Gasteiger partial charge < -0.3 is 15.4 Å². The number of hydrogen-bond donors (Lipinski definition) is 2. The Morgan fingerprint density at radius 1 is 1.19 bits per heavy atom. The van der Waals surface area contributed by atoms with E-state index in [2.05, 4.69) is 15.6 Å². The van der Waals surface area contributed by atoms with Gasteiger partial charge in [0.05, 0.1) is 17.6 Å². The van der Waals surface area contributed by atoms with Gasteiger partial charge in [-0.1, -0.05) is 0 Å². The minimum atomic E-state index is -3.04. The van der Waals surface area contributed by atoms with Gasteiger partial charge in [0.25, 0.3) is 5.91 Å². The minimum Gasteiger partial charge on any atom is -0.491 e. The Hall–Kier alpha value is -2.61. The van der Waals surface area contributed by atoms with Gasteiger partial charge in [0.1, 0.15) is 11.4 Å². The Labute approximate surface area is 159 Å². The van der Waals surface area contributed by atoms with Crippen LogP contribution < -0.4 is 15.4 Å². The molecule has 0 radical (unpaired) electrons. The van der Waals surface area contributed by atoms with E-state index in [9.17, 15) is 13.2 Å². The second kappa shape index (κ2) is 7.96. The normalized spacial score (nSPS) is 18.3. The lowest BCUT2D eigenvalue weighted by Gasteiger charge is -2.12. The first-order chi connectivity index (χ1) is 12.8. The van der Waals surface area contributed by atoms with E-state index in [1.807, 2.05) is 38.1 Å². The monoisotopic (exact) mass is 389 g/mol. The zero-order chi connectivity index (χ0) is 19.4. The SMILES string of the molecule is CC(C)Oc1ccc(Nc2ccnc(C(=O)NC3CCS(=O)(=O)C3)c2)cc1. The van der Waals surface area contributed by atoms with Gasteiger partial charge in [0.15, 0.2) is 9.84 Å². The number of aromatic nitrogens is 1. The summed E-state index contributed by atoms with van der Waals surface area (Å²) < 4.78 is 28.6. The van der Waals surface area contributed by atoms with Gasteiger partial charge in [-0.05, 0) is 56.7 Å². The molecule has 1 aromatic carbocycles. The van der Waals surface area contributed by atoms with Crippen molar-refractivity contribution in [3.63, 3.8) is 0 Å². The average Bonchev–Trinajstić information content (AvgIpc) is 2.95. The van der Waals surface area contributed by atoms with Gasteiger partial charge in [0.2, 0.25) is 0 Å². The van der Waals surface area contributed by atoms with Crippen molar-refractivity contribution >= 4 is 27.1 Å². The van der Waals surface area contributed by atoms with Crippen LogP contribution in [0.5, 0.6) is 5.75 Å². The summed E-state index contributed by atoms with van der Waals surface area (Å²) in [4.78, 5) is 16.4. The Balaban J connectivity index is 1.64. The smallest absolute Gasteiger partial charge is 0.270 e. The molecular formula is C19H23N3O4S. The van der Waals surface area contributed by atoms with Crippen LogP contribution in [0.4, 0.5) is 11.4 Å². The molecule has 27 heavy (non-hydrogen) atoms. The van der Waals surface area contributed by atoms with Crippen molar-refractivity contribution in [3.05, 3.63) is 48.3 Å². The first-order valence-corrected chi connectivity index (χ1v) is 10.6. The minimum absolute atomic E-state index is 0.0124. The number of nitrogens with one attached hydrogen (secondary N) is 2. The number of pyridine rings is 1. The molecule has 1 amide bonds. The van der Waals surface area contributed by atoms with E-state index in [1.54, 1.807) is 18.3 Å². The third-order valence-corrected chi connectivity index (χ3v) is 5.84. The maximum absolute atomic E-state index is 12.4. The number of sulfone groups is 1. The molecule has 7 nitrogen and oxygen atoms in total. The first kappa shape index (κ1) is 19.2. The summed E-state index contributed by atoms with van der Waals surface area (Å²) in [5, 5.41) is 5.96. The molecule has 1 aromatic heterocycles. The van der Waals surface area contributed by atoms with E-state index in [0.717, 1.165) is 11.4 Å². The first-order valence-electron chi connectivity index (χ1n) is 8.82. The van der Waals surface area contributed by atoms with Crippen LogP contribution in [0.3, 0.4) is 0 Å². The number of nitrogens with zero attached hydrogens (tertiary/aromatic N) is 1. The lowest BCUT2D eigenvalue weighted by Crippen LogP contribution is -2.36. The number of carbonyl (C=O) groups is 1. The lowest BCUT2D eigenvalue weighted by molar-refractivity contribution is 0.0936. The maximum atomic E-state index is 12.4. The number of hydrogen-bond acceptors (Lipinski definition) is 6. The van der Waals surface area contributed by atoms with Gasteiger partial charge in [-0.3, -0.25) is 9.78 Å². The summed E-state index contributed by atoms with van der Waals surface area (Å²) in [6, 6.07) is 10.6. The zero-order valence-corrected chi connectivity index (χ0v) is 16.1. The van der Waals surface area contributed by atoms with E-state index < -0.39 is 9.84 Å². The van der Waals surface area contributed by atoms with Crippen LogP contribution in [0.25, 0.3) is 0 Å². The molecule has 0 spiro atoms. The molecule has 1 fully saturated rings. The van der Waals surface area contributed by atoms with Gasteiger partial charge in [-0.15, -0.1) is 0 Å². The van der Waals surface area contributed by atoms with Crippen molar-refractivity contribution in [1.29, 1.82) is 0 Å². The largest absolute Gasteiger partial charge is 0.491 e. The van der Waals surface area contributed by atoms with E-state index in [4.69, 9.17) is 4.74 Å². The molecule has 0 bridgehead atoms. The standard InChI is InChI=1S/C19H23N3O4S/c1-13(2)26-17-5-3-14(4-6-17)21-15-7-9-20-18(11-15)19(23)22-16-8-10-27(24,25)12-16/h3-7,9,11,13,16H,8,10,12H2,1-2H3,(H,20,21)(H,22,23). The molecule has 1 saturated heterocycles. The van der Waals surface area contributed by atoms with Gasteiger partial charge in [-0.2, -0.15) is 0 Å². The number of amides is 1. The van der Waals surface area contributed by atoms with Crippen LogP contribution in [-0.2, 0) is 9.84 Å². The summed E-state index contributed by atoms with van der Waals surface area (Å²) in [6.45, 7) is 3.94. The van der Waals surface area contributed by atoms with Crippen LogP contribution in [0.15, 0.2) is 42.6 Å². The molecule has 1 aliphatic heterocycles. The van der Waals surface area contributed by atoms with Gasteiger partial charge >= 0.3 is 0 Å². The molecular weight excluding hydrogens is 366 g/mol. The fraction of sp³-hybridized carbons (Fsp3) is 0.368. The van der Waals surface area contributed by atoms with Crippen molar-refractivity contribution in [2.24, 2.45) is 0 Å². The molecule has 2 N–H and O–H groups in total. The lowest BCUT2D eigenvalue weighted by atomic mass is 10.2. The topological polar surface area (TPSA) is 97.4 Å². The third kappa shape index (κ3) is 5.43. The van der Waals surface area contributed by atoms with Crippen LogP contribution in [0, 0.1) is 0 Å². The summed E-state index contributed by atoms with van der Waals surface area (Å²) in [7, 11) is -3.04. The molecule has 1 aliphatic rings. The summed E-state index contributed by atoms with van der Waals surface area (Å²) in [5.41, 5.74) is 1.81. The van der Waals surface area contributed by atoms with Crippen molar-refractivity contribution in [1.82, 2.24) is 10.3 Å². The number of benzene rings is 1. The fourth-order valence-electron chi connectivity index (χ4n) is 2.86. The molecule has 8 heteroatoms. The summed E-state index contributed by atoms with van der Waals surface area (Å²) in [5.74, 6) is 0.517. The van der Waals surface area contributed by atoms with Gasteiger partial charge in [-0.25, -0.2) is 8.42 Å². The Kier molecular flexibility index (Phi) is 5.65. The fourth-order valence-corrected chi connectivity index (χ4v) is 4.53.